The third-order valence-corrected chi connectivity index (χ3v) is 2.98. The maximum Gasteiger partial charge on any atom is 0.182 e. The first-order valence-corrected chi connectivity index (χ1v) is 5.89. The van der Waals surface area contributed by atoms with Gasteiger partial charge in [0.15, 0.2) is 10.1 Å². The number of benzene rings is 1. The molecule has 6 nitrogen and oxygen atoms in total. The average molecular weight is 282 g/mol. The Labute approximate surface area is 111 Å². The first-order valence-electron chi connectivity index (χ1n) is 4.70. The van der Waals surface area contributed by atoms with E-state index in [2.05, 4.69) is 15.2 Å². The average Bonchev–Trinajstić information content (AvgIpc) is 2.74. The highest BCUT2D eigenvalue weighted by molar-refractivity contribution is 7.18. The minimum Gasteiger partial charge on any atom is -0.545 e. The van der Waals surface area contributed by atoms with Gasteiger partial charge in [-0.25, -0.2) is 4.98 Å². The van der Waals surface area contributed by atoms with E-state index >= 15 is 0 Å². The Morgan fingerprint density at radius 2 is 2.22 bits per heavy atom. The summed E-state index contributed by atoms with van der Waals surface area (Å²) in [5.74, 6) is -1.30. The fraction of sp³-hybridized carbons (Fsp3) is 0. The number of aromatic nitrogens is 1. The molecule has 0 aliphatic carbocycles. The number of carbonyl (C=O) groups excluding carboxylic acids is 1. The molecule has 0 bridgehead atoms. The van der Waals surface area contributed by atoms with Crippen molar-refractivity contribution < 1.29 is 9.90 Å². The molecule has 0 aliphatic heterocycles. The van der Waals surface area contributed by atoms with Crippen LogP contribution in [-0.4, -0.2) is 11.0 Å². The van der Waals surface area contributed by atoms with Crippen LogP contribution in [0.3, 0.4) is 0 Å². The SMILES string of the molecule is Nc1ncc(N=Nc2cc(C(=O)[O-])ccc2Cl)s1. The molecule has 0 spiro atoms. The van der Waals surface area contributed by atoms with E-state index in [0.29, 0.717) is 15.2 Å². The summed E-state index contributed by atoms with van der Waals surface area (Å²) in [6, 6.07) is 4.04. The number of anilines is 1. The zero-order valence-corrected chi connectivity index (χ0v) is 10.4. The number of nitrogens with two attached hydrogens (primary N) is 1. The van der Waals surface area contributed by atoms with E-state index in [-0.39, 0.29) is 11.3 Å². The molecule has 0 amide bonds. The van der Waals surface area contributed by atoms with E-state index in [1.807, 2.05) is 0 Å². The van der Waals surface area contributed by atoms with Crippen molar-refractivity contribution in [2.45, 2.75) is 0 Å². The molecule has 0 saturated carbocycles. The lowest BCUT2D eigenvalue weighted by atomic mass is 10.2. The number of nitrogen functional groups attached to an aromatic ring is 1. The second-order valence-electron chi connectivity index (χ2n) is 3.19. The van der Waals surface area contributed by atoms with Crippen LogP contribution in [0.25, 0.3) is 0 Å². The van der Waals surface area contributed by atoms with Gasteiger partial charge in [-0.15, -0.1) is 10.2 Å². The van der Waals surface area contributed by atoms with Crippen molar-refractivity contribution in [3.05, 3.63) is 35.0 Å². The van der Waals surface area contributed by atoms with Crippen LogP contribution in [-0.2, 0) is 0 Å². The Balaban J connectivity index is 2.30. The van der Waals surface area contributed by atoms with E-state index < -0.39 is 5.97 Å². The predicted molar refractivity (Wildman–Crippen MR) is 66.5 cm³/mol. The first-order chi connectivity index (χ1) is 8.56. The van der Waals surface area contributed by atoms with E-state index in [9.17, 15) is 9.90 Å². The van der Waals surface area contributed by atoms with Gasteiger partial charge < -0.3 is 15.6 Å². The molecule has 1 heterocycles. The molecule has 8 heteroatoms. The van der Waals surface area contributed by atoms with E-state index in [1.54, 1.807) is 0 Å². The highest BCUT2D eigenvalue weighted by atomic mass is 35.5. The standard InChI is InChI=1S/C10H7ClN4O2S/c11-6-2-1-5(9(16)17)3-7(6)14-15-8-4-13-10(12)18-8/h1-4H,(H2,12,13)(H,16,17)/p-1. The molecule has 2 N–H and O–H groups in total. The lowest BCUT2D eigenvalue weighted by molar-refractivity contribution is -0.255. The quantitative estimate of drug-likeness (QED) is 0.870. The summed E-state index contributed by atoms with van der Waals surface area (Å²) < 4.78 is 0. The second kappa shape index (κ2) is 5.11. The zero-order chi connectivity index (χ0) is 13.1. The summed E-state index contributed by atoms with van der Waals surface area (Å²) >= 11 is 7.03. The fourth-order valence-corrected chi connectivity index (χ4v) is 1.81. The number of hydrogen-bond donors (Lipinski definition) is 1. The normalized spacial score (nSPS) is 10.9. The summed E-state index contributed by atoms with van der Waals surface area (Å²) in [6.07, 6.45) is 1.46. The predicted octanol–water partition coefficient (Wildman–Crippen LogP) is 2.16. The van der Waals surface area contributed by atoms with Gasteiger partial charge in [-0.3, -0.25) is 0 Å². The zero-order valence-electron chi connectivity index (χ0n) is 8.83. The van der Waals surface area contributed by atoms with Gasteiger partial charge in [-0.05, 0) is 17.7 Å². The largest absolute Gasteiger partial charge is 0.545 e. The molecule has 2 aromatic rings. The number of carbonyl (C=O) groups is 1. The Morgan fingerprint density at radius 1 is 1.44 bits per heavy atom. The molecular weight excluding hydrogens is 276 g/mol. The van der Waals surface area contributed by atoms with E-state index in [4.69, 9.17) is 17.3 Å². The smallest absolute Gasteiger partial charge is 0.182 e. The van der Waals surface area contributed by atoms with Crippen LogP contribution in [0.5, 0.6) is 0 Å². The van der Waals surface area contributed by atoms with Crippen LogP contribution in [0.4, 0.5) is 15.8 Å². The number of azo groups is 1. The Morgan fingerprint density at radius 3 is 2.83 bits per heavy atom. The third-order valence-electron chi connectivity index (χ3n) is 1.95. The topological polar surface area (TPSA) is 104 Å². The van der Waals surface area contributed by atoms with Crippen molar-refractivity contribution in [2.75, 3.05) is 5.73 Å². The Bertz CT molecular complexity index is 626. The number of carboxylic acids is 1. The van der Waals surface area contributed by atoms with Crippen molar-refractivity contribution in [2.24, 2.45) is 10.2 Å². The molecule has 0 aliphatic rings. The molecule has 0 saturated heterocycles. The maximum absolute atomic E-state index is 10.7. The van der Waals surface area contributed by atoms with Crippen molar-refractivity contribution in [1.29, 1.82) is 0 Å². The van der Waals surface area contributed by atoms with Crippen LogP contribution in [0.2, 0.25) is 5.02 Å². The molecule has 0 fully saturated rings. The number of carboxylic acid groups (broad SMARTS) is 1. The van der Waals surface area contributed by atoms with Gasteiger partial charge in [-0.2, -0.15) is 0 Å². The number of thiazole rings is 1. The van der Waals surface area contributed by atoms with Crippen LogP contribution < -0.4 is 10.8 Å². The molecule has 0 radical (unpaired) electrons. The third kappa shape index (κ3) is 2.82. The molecule has 0 unspecified atom stereocenters. The minimum atomic E-state index is -1.30. The van der Waals surface area contributed by atoms with Crippen molar-refractivity contribution >= 4 is 44.7 Å². The van der Waals surface area contributed by atoms with Gasteiger partial charge in [0, 0.05) is 0 Å². The Kier molecular flexibility index (Phi) is 3.54. The summed E-state index contributed by atoms with van der Waals surface area (Å²) in [5, 5.41) is 19.6. The van der Waals surface area contributed by atoms with Crippen LogP contribution >= 0.6 is 22.9 Å². The molecule has 92 valence electrons. The second-order valence-corrected chi connectivity index (χ2v) is 4.64. The minimum absolute atomic E-state index is 0.0165. The number of hydrogen-bond acceptors (Lipinski definition) is 7. The van der Waals surface area contributed by atoms with Crippen LogP contribution in [0, 0.1) is 0 Å². The van der Waals surface area contributed by atoms with Gasteiger partial charge in [0.2, 0.25) is 0 Å². The van der Waals surface area contributed by atoms with Gasteiger partial charge >= 0.3 is 0 Å². The molecule has 2 rings (SSSR count). The van der Waals surface area contributed by atoms with E-state index in [0.717, 1.165) is 11.3 Å². The summed E-state index contributed by atoms with van der Waals surface area (Å²) in [4.78, 5) is 14.5. The molecule has 18 heavy (non-hydrogen) atoms. The summed E-state index contributed by atoms with van der Waals surface area (Å²) in [5.41, 5.74) is 5.66. The molecule has 0 atom stereocenters. The fourth-order valence-electron chi connectivity index (χ4n) is 1.14. The van der Waals surface area contributed by atoms with Crippen molar-refractivity contribution in [3.63, 3.8) is 0 Å². The lowest BCUT2D eigenvalue weighted by Gasteiger charge is -2.03. The number of halogens is 1. The lowest BCUT2D eigenvalue weighted by Crippen LogP contribution is -2.21. The molecular formula is C10H6ClN4O2S-. The highest BCUT2D eigenvalue weighted by Crippen LogP contribution is 2.30. The maximum atomic E-state index is 10.7. The van der Waals surface area contributed by atoms with Gasteiger partial charge in [0.1, 0.15) is 5.69 Å². The van der Waals surface area contributed by atoms with Gasteiger partial charge in [0.25, 0.3) is 0 Å². The highest BCUT2D eigenvalue weighted by Gasteiger charge is 2.03. The summed E-state index contributed by atoms with van der Waals surface area (Å²) in [6.45, 7) is 0. The van der Waals surface area contributed by atoms with E-state index in [1.165, 1.54) is 24.4 Å². The van der Waals surface area contributed by atoms with Crippen molar-refractivity contribution in [1.82, 2.24) is 4.98 Å². The Hall–Kier alpha value is -1.99. The number of nitrogens with zero attached hydrogens (tertiary/aromatic N) is 3. The van der Waals surface area contributed by atoms with Crippen molar-refractivity contribution in [3.8, 4) is 0 Å². The number of rotatable bonds is 3. The van der Waals surface area contributed by atoms with Crippen LogP contribution in [0.1, 0.15) is 10.4 Å². The molecule has 1 aromatic heterocycles. The monoisotopic (exact) mass is 281 g/mol. The van der Waals surface area contributed by atoms with Gasteiger partial charge in [-0.1, -0.05) is 29.0 Å². The summed E-state index contributed by atoms with van der Waals surface area (Å²) in [7, 11) is 0. The molecule has 1 aromatic carbocycles. The number of aromatic carboxylic acids is 1. The first kappa shape index (κ1) is 12.5. The van der Waals surface area contributed by atoms with Crippen LogP contribution in [0.15, 0.2) is 34.6 Å². The van der Waals surface area contributed by atoms with Gasteiger partial charge in [0.05, 0.1) is 17.2 Å².